The van der Waals surface area contributed by atoms with E-state index < -0.39 is 12.1 Å². The van der Waals surface area contributed by atoms with Crippen LogP contribution in [0, 0.1) is 18.8 Å². The largest absolute Gasteiger partial charge is 0.497 e. The second-order valence-electron chi connectivity index (χ2n) is 10.5. The second kappa shape index (κ2) is 13.0. The minimum absolute atomic E-state index is 0.0597. The molecule has 0 bridgehead atoms. The molecule has 0 aliphatic carbocycles. The predicted octanol–water partition coefficient (Wildman–Crippen LogP) is 6.78. The number of alkyl halides is 1. The molecule has 0 radical (unpaired) electrons. The van der Waals surface area contributed by atoms with Gasteiger partial charge in [0.05, 0.1) is 12.6 Å². The Morgan fingerprint density at radius 2 is 2.05 bits per heavy atom. The lowest BCUT2D eigenvalue weighted by molar-refractivity contribution is -0.139. The summed E-state index contributed by atoms with van der Waals surface area (Å²) in [6.45, 7) is 4.86. The molecule has 1 saturated heterocycles. The van der Waals surface area contributed by atoms with Crippen molar-refractivity contribution in [3.63, 3.8) is 0 Å². The maximum Gasteiger partial charge on any atom is 0.303 e. The van der Waals surface area contributed by atoms with Crippen LogP contribution in [0.15, 0.2) is 54.7 Å². The summed E-state index contributed by atoms with van der Waals surface area (Å²) in [6, 6.07) is 15.9. The molecule has 6 heteroatoms. The Kier molecular flexibility index (Phi) is 9.51. The number of methoxy groups -OCH3 is 1. The first-order valence-corrected chi connectivity index (χ1v) is 13.5. The number of rotatable bonds is 12. The minimum atomic E-state index is -1.12. The van der Waals surface area contributed by atoms with Crippen molar-refractivity contribution in [1.29, 1.82) is 0 Å². The van der Waals surface area contributed by atoms with Gasteiger partial charge in [0.15, 0.2) is 0 Å². The highest BCUT2D eigenvalue weighted by Crippen LogP contribution is 2.36. The molecule has 0 saturated carbocycles. The molecule has 1 aromatic heterocycles. The molecule has 3 aromatic rings. The third-order valence-corrected chi connectivity index (χ3v) is 7.80. The summed E-state index contributed by atoms with van der Waals surface area (Å²) in [4.78, 5) is 18.4. The minimum Gasteiger partial charge on any atom is -0.497 e. The molecule has 2 heterocycles. The summed E-state index contributed by atoms with van der Waals surface area (Å²) in [6.07, 6.45) is 5.98. The number of halogens is 1. The van der Waals surface area contributed by atoms with Crippen molar-refractivity contribution in [3.8, 4) is 5.75 Å². The van der Waals surface area contributed by atoms with Gasteiger partial charge < -0.3 is 14.7 Å². The molecule has 198 valence electrons. The molecule has 2 aromatic carbocycles. The highest BCUT2D eigenvalue weighted by molar-refractivity contribution is 5.83. The summed E-state index contributed by atoms with van der Waals surface area (Å²) in [7, 11) is 1.60. The monoisotopic (exact) mass is 506 g/mol. The van der Waals surface area contributed by atoms with Gasteiger partial charge >= 0.3 is 5.97 Å². The number of aromatic nitrogens is 1. The average molecular weight is 507 g/mol. The van der Waals surface area contributed by atoms with Crippen LogP contribution in [0.1, 0.15) is 61.4 Å². The molecule has 4 rings (SSSR count). The van der Waals surface area contributed by atoms with Gasteiger partial charge in [0.1, 0.15) is 11.9 Å². The number of aryl methyl sites for hydroxylation is 2. The van der Waals surface area contributed by atoms with E-state index in [0.717, 1.165) is 56.2 Å². The van der Waals surface area contributed by atoms with Crippen molar-refractivity contribution in [2.24, 2.45) is 11.8 Å². The standard InChI is InChI=1S/C31H39FN2O3/c1-22-6-5-8-23(18-22)7-3-4-16-34-17-14-24(25(21-34)19-31(35)36)9-11-29(32)27-13-15-33-30-12-10-26(37-2)20-28(27)30/h5-6,8,10,12-13,15,18,20,24-25,29H,3-4,7,9,11,14,16-17,19,21H2,1-2H3,(H,35,36)/t24-,25+,29+/m1/s1. The fourth-order valence-corrected chi connectivity index (χ4v) is 5.79. The van der Waals surface area contributed by atoms with E-state index in [0.29, 0.717) is 24.2 Å². The number of pyridine rings is 1. The zero-order chi connectivity index (χ0) is 26.2. The van der Waals surface area contributed by atoms with Gasteiger partial charge in [-0.25, -0.2) is 4.39 Å². The summed E-state index contributed by atoms with van der Waals surface area (Å²) < 4.78 is 20.8. The Bertz CT molecular complexity index is 1180. The molecule has 3 atom stereocenters. The highest BCUT2D eigenvalue weighted by Gasteiger charge is 2.31. The van der Waals surface area contributed by atoms with Crippen molar-refractivity contribution in [3.05, 3.63) is 71.4 Å². The number of aliphatic carboxylic acids is 1. The smallest absolute Gasteiger partial charge is 0.303 e. The van der Waals surface area contributed by atoms with Crippen LogP contribution >= 0.6 is 0 Å². The molecule has 1 aliphatic rings. The number of piperidine rings is 1. The normalized spacial score (nSPS) is 19.1. The Labute approximate surface area is 219 Å². The Morgan fingerprint density at radius 3 is 2.84 bits per heavy atom. The van der Waals surface area contributed by atoms with Crippen molar-refractivity contribution in [2.75, 3.05) is 26.7 Å². The molecule has 1 fully saturated rings. The number of likely N-dealkylation sites (tertiary alicyclic amines) is 1. The zero-order valence-corrected chi connectivity index (χ0v) is 22.0. The number of unbranched alkanes of at least 4 members (excludes halogenated alkanes) is 1. The van der Waals surface area contributed by atoms with Gasteiger partial charge in [0, 0.05) is 24.5 Å². The van der Waals surface area contributed by atoms with E-state index in [1.165, 1.54) is 11.1 Å². The van der Waals surface area contributed by atoms with Gasteiger partial charge in [0.2, 0.25) is 0 Å². The fourth-order valence-electron chi connectivity index (χ4n) is 5.79. The maximum atomic E-state index is 15.5. The SMILES string of the molecule is COc1ccc2nccc([C@@H](F)CC[C@@H]3CCN(CCCCc4cccc(C)c4)C[C@@H]3CC(=O)O)c2c1. The highest BCUT2D eigenvalue weighted by atomic mass is 19.1. The Hall–Kier alpha value is -2.99. The van der Waals surface area contributed by atoms with E-state index >= 15 is 4.39 Å². The number of benzene rings is 2. The van der Waals surface area contributed by atoms with Crippen LogP contribution in [0.3, 0.4) is 0 Å². The lowest BCUT2D eigenvalue weighted by atomic mass is 9.79. The third-order valence-electron chi connectivity index (χ3n) is 7.80. The average Bonchev–Trinajstić information content (AvgIpc) is 2.89. The van der Waals surface area contributed by atoms with Crippen LogP contribution < -0.4 is 4.74 Å². The van der Waals surface area contributed by atoms with Crippen LogP contribution in [0.2, 0.25) is 0 Å². The molecule has 1 N–H and O–H groups in total. The Balaban J connectivity index is 1.31. The molecule has 0 spiro atoms. The van der Waals surface area contributed by atoms with Crippen molar-refractivity contribution < 1.29 is 19.0 Å². The zero-order valence-electron chi connectivity index (χ0n) is 22.0. The van der Waals surface area contributed by atoms with E-state index in [4.69, 9.17) is 4.74 Å². The first kappa shape index (κ1) is 27.1. The van der Waals surface area contributed by atoms with E-state index in [9.17, 15) is 9.90 Å². The van der Waals surface area contributed by atoms with E-state index in [2.05, 4.69) is 41.1 Å². The van der Waals surface area contributed by atoms with Crippen LogP contribution in [0.25, 0.3) is 10.9 Å². The number of carbonyl (C=O) groups is 1. The lowest BCUT2D eigenvalue weighted by Gasteiger charge is -2.38. The number of hydrogen-bond acceptors (Lipinski definition) is 4. The number of nitrogens with zero attached hydrogens (tertiary/aromatic N) is 2. The van der Waals surface area contributed by atoms with Crippen molar-refractivity contribution >= 4 is 16.9 Å². The molecule has 1 aliphatic heterocycles. The second-order valence-corrected chi connectivity index (χ2v) is 10.5. The number of fused-ring (bicyclic) bond motifs is 1. The lowest BCUT2D eigenvalue weighted by Crippen LogP contribution is -2.41. The summed E-state index contributed by atoms with van der Waals surface area (Å²) in [5.41, 5.74) is 4.05. The molecule has 37 heavy (non-hydrogen) atoms. The number of hydrogen-bond donors (Lipinski definition) is 1. The fraction of sp³-hybridized carbons (Fsp3) is 0.484. The predicted molar refractivity (Wildman–Crippen MR) is 146 cm³/mol. The topological polar surface area (TPSA) is 62.7 Å². The number of carboxylic acid groups (broad SMARTS) is 1. The molecular formula is C31H39FN2O3. The summed E-state index contributed by atoms with van der Waals surface area (Å²) >= 11 is 0. The van der Waals surface area contributed by atoms with E-state index in [1.54, 1.807) is 19.4 Å². The van der Waals surface area contributed by atoms with Gasteiger partial charge in [-0.1, -0.05) is 29.8 Å². The van der Waals surface area contributed by atoms with Crippen LogP contribution in [-0.2, 0) is 11.2 Å². The van der Waals surface area contributed by atoms with Gasteiger partial charge in [-0.3, -0.25) is 9.78 Å². The van der Waals surface area contributed by atoms with E-state index in [-0.39, 0.29) is 18.3 Å². The van der Waals surface area contributed by atoms with Gasteiger partial charge in [-0.2, -0.15) is 0 Å². The van der Waals surface area contributed by atoms with Crippen molar-refractivity contribution in [1.82, 2.24) is 9.88 Å². The Morgan fingerprint density at radius 1 is 1.19 bits per heavy atom. The summed E-state index contributed by atoms with van der Waals surface area (Å²) in [5, 5.41) is 10.3. The molecule has 0 unspecified atom stereocenters. The molecular weight excluding hydrogens is 467 g/mol. The molecule has 0 amide bonds. The van der Waals surface area contributed by atoms with Crippen molar-refractivity contribution in [2.45, 2.75) is 58.0 Å². The summed E-state index contributed by atoms with van der Waals surface area (Å²) in [5.74, 6) is 0.201. The maximum absolute atomic E-state index is 15.5. The van der Waals surface area contributed by atoms with Gasteiger partial charge in [0.25, 0.3) is 0 Å². The van der Waals surface area contributed by atoms with Crippen LogP contribution in [0.4, 0.5) is 4.39 Å². The number of carboxylic acids is 1. The third kappa shape index (κ3) is 7.51. The van der Waals surface area contributed by atoms with E-state index in [1.807, 2.05) is 18.2 Å². The van der Waals surface area contributed by atoms with Crippen LogP contribution in [-0.4, -0.2) is 47.7 Å². The van der Waals surface area contributed by atoms with Gasteiger partial charge in [-0.15, -0.1) is 0 Å². The molecule has 5 nitrogen and oxygen atoms in total. The number of ether oxygens (including phenoxy) is 1. The van der Waals surface area contributed by atoms with Gasteiger partial charge in [-0.05, 0) is 106 Å². The quantitative estimate of drug-likeness (QED) is 0.274. The first-order valence-electron chi connectivity index (χ1n) is 13.5. The first-order chi connectivity index (χ1) is 17.9. The van der Waals surface area contributed by atoms with Crippen LogP contribution in [0.5, 0.6) is 5.75 Å².